The molecule has 1 aliphatic heterocycles. The van der Waals surface area contributed by atoms with Crippen LogP contribution in [0.3, 0.4) is 0 Å². The van der Waals surface area contributed by atoms with Crippen molar-refractivity contribution in [3.8, 4) is 0 Å². The van der Waals surface area contributed by atoms with Crippen LogP contribution < -0.4 is 0 Å². The molecule has 1 N–H and O–H groups in total. The number of H-pyrrole nitrogens is 1. The van der Waals surface area contributed by atoms with Crippen LogP contribution in [0, 0.1) is 0 Å². The van der Waals surface area contributed by atoms with Crippen LogP contribution in [0.2, 0.25) is 0 Å². The van der Waals surface area contributed by atoms with E-state index in [0.29, 0.717) is 6.04 Å². The highest BCUT2D eigenvalue weighted by atomic mass is 15.2. The second-order valence-electron chi connectivity index (χ2n) is 5.56. The molecule has 0 saturated carbocycles. The number of pyridine rings is 1. The largest absolute Gasteiger partial charge is 0.295 e. The molecule has 0 spiro atoms. The lowest BCUT2D eigenvalue weighted by atomic mass is 9.97. The summed E-state index contributed by atoms with van der Waals surface area (Å²) >= 11 is 0. The molecule has 3 rings (SSSR count). The maximum atomic E-state index is 4.43. The van der Waals surface area contributed by atoms with E-state index >= 15 is 0 Å². The molecule has 1 fully saturated rings. The van der Waals surface area contributed by atoms with E-state index in [2.05, 4.69) is 38.3 Å². The summed E-state index contributed by atoms with van der Waals surface area (Å²) in [6.07, 6.45) is 9.97. The number of aryl methyl sites for hydroxylation is 1. The van der Waals surface area contributed by atoms with Crippen LogP contribution in [0.15, 0.2) is 36.7 Å². The molecule has 2 aromatic heterocycles. The van der Waals surface area contributed by atoms with Gasteiger partial charge in [0.2, 0.25) is 0 Å². The molecule has 4 nitrogen and oxygen atoms in total. The molecule has 1 saturated heterocycles. The van der Waals surface area contributed by atoms with Crippen LogP contribution in [0.5, 0.6) is 0 Å². The second kappa shape index (κ2) is 6.66. The first-order valence-corrected chi connectivity index (χ1v) is 7.54. The molecular weight excluding hydrogens is 248 g/mol. The van der Waals surface area contributed by atoms with Gasteiger partial charge in [0.15, 0.2) is 0 Å². The van der Waals surface area contributed by atoms with E-state index in [1.165, 1.54) is 43.6 Å². The van der Waals surface area contributed by atoms with Gasteiger partial charge in [0.25, 0.3) is 0 Å². The lowest BCUT2D eigenvalue weighted by Gasteiger charge is -2.35. The van der Waals surface area contributed by atoms with Gasteiger partial charge >= 0.3 is 0 Å². The normalized spacial score (nSPS) is 20.1. The lowest BCUT2D eigenvalue weighted by molar-refractivity contribution is 0.130. The van der Waals surface area contributed by atoms with Gasteiger partial charge in [-0.3, -0.25) is 15.0 Å². The highest BCUT2D eigenvalue weighted by molar-refractivity contribution is 5.04. The number of piperidine rings is 1. The molecular formula is C16H22N4. The fraction of sp³-hybridized carbons (Fsp3) is 0.500. The summed E-state index contributed by atoms with van der Waals surface area (Å²) < 4.78 is 0. The van der Waals surface area contributed by atoms with Gasteiger partial charge in [0, 0.05) is 36.4 Å². The van der Waals surface area contributed by atoms with Crippen molar-refractivity contribution < 1.29 is 0 Å². The molecule has 106 valence electrons. The molecule has 1 atom stereocenters. The number of rotatable bonds is 5. The van der Waals surface area contributed by atoms with Crippen molar-refractivity contribution in [3.05, 3.63) is 48.0 Å². The maximum Gasteiger partial charge on any atom is 0.0492 e. The van der Waals surface area contributed by atoms with Crippen molar-refractivity contribution in [3.63, 3.8) is 0 Å². The van der Waals surface area contributed by atoms with Gasteiger partial charge in [-0.1, -0.05) is 12.5 Å². The Morgan fingerprint density at radius 1 is 1.20 bits per heavy atom. The quantitative estimate of drug-likeness (QED) is 0.908. The van der Waals surface area contributed by atoms with E-state index in [-0.39, 0.29) is 0 Å². The van der Waals surface area contributed by atoms with Crippen LogP contribution >= 0.6 is 0 Å². The third-order valence-corrected chi connectivity index (χ3v) is 4.14. The summed E-state index contributed by atoms with van der Waals surface area (Å²) in [5.74, 6) is 0. The molecule has 0 amide bonds. The highest BCUT2D eigenvalue weighted by Crippen LogP contribution is 2.22. The monoisotopic (exact) mass is 270 g/mol. The van der Waals surface area contributed by atoms with Gasteiger partial charge in [-0.25, -0.2) is 0 Å². The standard InChI is InChI=1S/C16H22N4/c1-3-10-17-14(5-1)7-8-16-6-2-4-12-20(16)13-15-9-11-18-19-15/h1,3,5,9-11,16H,2,4,6-8,12-13H2,(H,18,19). The Morgan fingerprint density at radius 3 is 3.00 bits per heavy atom. The predicted molar refractivity (Wildman–Crippen MR) is 79.2 cm³/mol. The number of nitrogens with one attached hydrogen (secondary N) is 1. The molecule has 0 bridgehead atoms. The summed E-state index contributed by atoms with van der Waals surface area (Å²) in [5.41, 5.74) is 2.43. The third kappa shape index (κ3) is 3.45. The van der Waals surface area contributed by atoms with Gasteiger partial charge in [0.05, 0.1) is 0 Å². The molecule has 0 aliphatic carbocycles. The van der Waals surface area contributed by atoms with Gasteiger partial charge < -0.3 is 0 Å². The molecule has 0 radical (unpaired) electrons. The number of hydrogen-bond acceptors (Lipinski definition) is 3. The van der Waals surface area contributed by atoms with Crippen molar-refractivity contribution in [1.29, 1.82) is 0 Å². The molecule has 1 unspecified atom stereocenters. The Morgan fingerprint density at radius 2 is 2.20 bits per heavy atom. The highest BCUT2D eigenvalue weighted by Gasteiger charge is 2.22. The van der Waals surface area contributed by atoms with Gasteiger partial charge in [-0.05, 0) is 50.4 Å². The first-order valence-electron chi connectivity index (χ1n) is 7.54. The smallest absolute Gasteiger partial charge is 0.0492 e. The summed E-state index contributed by atoms with van der Waals surface area (Å²) in [5, 5.41) is 7.12. The van der Waals surface area contributed by atoms with Crippen LogP contribution in [0.1, 0.15) is 37.1 Å². The number of aromatic amines is 1. The Kier molecular flexibility index (Phi) is 4.43. The SMILES string of the molecule is c1ccc(CCC2CCCCN2Cc2ccn[nH]2)nc1. The topological polar surface area (TPSA) is 44.8 Å². The zero-order chi connectivity index (χ0) is 13.6. The van der Waals surface area contributed by atoms with Crippen molar-refractivity contribution in [2.24, 2.45) is 0 Å². The van der Waals surface area contributed by atoms with Crippen LogP contribution in [-0.4, -0.2) is 32.7 Å². The lowest BCUT2D eigenvalue weighted by Crippen LogP contribution is -2.39. The van der Waals surface area contributed by atoms with Crippen molar-refractivity contribution in [2.45, 2.75) is 44.7 Å². The number of likely N-dealkylation sites (tertiary alicyclic amines) is 1. The van der Waals surface area contributed by atoms with E-state index in [1.54, 1.807) is 0 Å². The first kappa shape index (κ1) is 13.3. The summed E-state index contributed by atoms with van der Waals surface area (Å²) in [7, 11) is 0. The Labute approximate surface area is 120 Å². The minimum Gasteiger partial charge on any atom is -0.295 e. The molecule has 3 heterocycles. The van der Waals surface area contributed by atoms with E-state index in [1.807, 2.05) is 18.5 Å². The van der Waals surface area contributed by atoms with Crippen molar-refractivity contribution in [1.82, 2.24) is 20.1 Å². The van der Waals surface area contributed by atoms with E-state index < -0.39 is 0 Å². The van der Waals surface area contributed by atoms with Crippen molar-refractivity contribution in [2.75, 3.05) is 6.54 Å². The Bertz CT molecular complexity index is 494. The number of nitrogens with zero attached hydrogens (tertiary/aromatic N) is 3. The molecule has 20 heavy (non-hydrogen) atoms. The third-order valence-electron chi connectivity index (χ3n) is 4.14. The zero-order valence-electron chi connectivity index (χ0n) is 11.8. The average Bonchev–Trinajstić information content (AvgIpc) is 3.00. The summed E-state index contributed by atoms with van der Waals surface area (Å²) in [6.45, 7) is 2.19. The minimum absolute atomic E-state index is 0.675. The van der Waals surface area contributed by atoms with E-state index in [9.17, 15) is 0 Å². The van der Waals surface area contributed by atoms with Crippen LogP contribution in [0.25, 0.3) is 0 Å². The first-order chi connectivity index (χ1) is 9.92. The van der Waals surface area contributed by atoms with Crippen molar-refractivity contribution >= 4 is 0 Å². The molecule has 0 aromatic carbocycles. The fourth-order valence-corrected chi connectivity index (χ4v) is 3.05. The average molecular weight is 270 g/mol. The number of aromatic nitrogens is 3. The number of hydrogen-bond donors (Lipinski definition) is 1. The molecule has 2 aromatic rings. The van der Waals surface area contributed by atoms with Gasteiger partial charge in [-0.15, -0.1) is 0 Å². The van der Waals surface area contributed by atoms with Gasteiger partial charge in [-0.2, -0.15) is 5.10 Å². The maximum absolute atomic E-state index is 4.43. The van der Waals surface area contributed by atoms with E-state index in [4.69, 9.17) is 0 Å². The van der Waals surface area contributed by atoms with E-state index in [0.717, 1.165) is 13.0 Å². The summed E-state index contributed by atoms with van der Waals surface area (Å²) in [4.78, 5) is 7.03. The fourth-order valence-electron chi connectivity index (χ4n) is 3.05. The second-order valence-corrected chi connectivity index (χ2v) is 5.56. The minimum atomic E-state index is 0.675. The molecule has 4 heteroatoms. The van der Waals surface area contributed by atoms with Gasteiger partial charge in [0.1, 0.15) is 0 Å². The van der Waals surface area contributed by atoms with Crippen LogP contribution in [0.4, 0.5) is 0 Å². The summed E-state index contributed by atoms with van der Waals surface area (Å²) in [6, 6.07) is 8.93. The van der Waals surface area contributed by atoms with Crippen LogP contribution in [-0.2, 0) is 13.0 Å². The Hall–Kier alpha value is -1.68. The Balaban J connectivity index is 1.57. The molecule has 1 aliphatic rings. The predicted octanol–water partition coefficient (Wildman–Crippen LogP) is 2.79. The zero-order valence-corrected chi connectivity index (χ0v) is 11.8.